The lowest BCUT2D eigenvalue weighted by Crippen LogP contribution is -2.36. The van der Waals surface area contributed by atoms with Gasteiger partial charge in [-0.15, -0.1) is 0 Å². The molecule has 0 aliphatic rings. The number of halogens is 1. The van der Waals surface area contributed by atoms with Crippen molar-refractivity contribution in [3.8, 4) is 0 Å². The van der Waals surface area contributed by atoms with Crippen molar-refractivity contribution in [1.82, 2.24) is 4.90 Å². The summed E-state index contributed by atoms with van der Waals surface area (Å²) in [5, 5.41) is 0. The van der Waals surface area contributed by atoms with Gasteiger partial charge in [0.15, 0.2) is 0 Å². The fourth-order valence-electron chi connectivity index (χ4n) is 2.21. The third-order valence-electron chi connectivity index (χ3n) is 3.36. The van der Waals surface area contributed by atoms with Gasteiger partial charge in [-0.2, -0.15) is 0 Å². The Hall–Kier alpha value is -0.930. The lowest BCUT2D eigenvalue weighted by molar-refractivity contribution is 0.191. The van der Waals surface area contributed by atoms with E-state index in [1.165, 1.54) is 12.1 Å². The first-order chi connectivity index (χ1) is 8.90. The van der Waals surface area contributed by atoms with Gasteiger partial charge in [-0.25, -0.2) is 4.39 Å². The van der Waals surface area contributed by atoms with Gasteiger partial charge in [0.05, 0.1) is 0 Å². The molecule has 108 valence electrons. The summed E-state index contributed by atoms with van der Waals surface area (Å²) in [5.41, 5.74) is 7.18. The van der Waals surface area contributed by atoms with Gasteiger partial charge >= 0.3 is 0 Å². The van der Waals surface area contributed by atoms with E-state index in [-0.39, 0.29) is 11.9 Å². The first-order valence-electron chi connectivity index (χ1n) is 7.15. The van der Waals surface area contributed by atoms with Gasteiger partial charge in [0.25, 0.3) is 0 Å². The van der Waals surface area contributed by atoms with E-state index in [0.717, 1.165) is 25.1 Å². The highest BCUT2D eigenvalue weighted by Crippen LogP contribution is 2.16. The molecule has 0 spiro atoms. The van der Waals surface area contributed by atoms with Crippen molar-refractivity contribution < 1.29 is 4.39 Å². The van der Waals surface area contributed by atoms with Crippen LogP contribution in [0.4, 0.5) is 4.39 Å². The van der Waals surface area contributed by atoms with Crippen LogP contribution in [-0.4, -0.2) is 24.0 Å². The van der Waals surface area contributed by atoms with Crippen molar-refractivity contribution in [2.24, 2.45) is 11.7 Å². The Balaban J connectivity index is 2.51. The van der Waals surface area contributed by atoms with Gasteiger partial charge in [-0.3, -0.25) is 0 Å². The fourth-order valence-corrected chi connectivity index (χ4v) is 2.21. The molecule has 0 aromatic heterocycles. The van der Waals surface area contributed by atoms with E-state index in [4.69, 9.17) is 5.73 Å². The molecule has 0 aliphatic heterocycles. The molecule has 1 rings (SSSR count). The molecule has 0 radical (unpaired) electrons. The second-order valence-corrected chi connectivity index (χ2v) is 5.93. The molecule has 1 aromatic carbocycles. The summed E-state index contributed by atoms with van der Waals surface area (Å²) in [5.74, 6) is 0.448. The maximum Gasteiger partial charge on any atom is 0.123 e. The molecule has 0 aliphatic carbocycles. The highest BCUT2D eigenvalue weighted by molar-refractivity contribution is 5.19. The molecule has 0 bridgehead atoms. The average molecular weight is 266 g/mol. The van der Waals surface area contributed by atoms with Crippen molar-refractivity contribution in [3.05, 3.63) is 35.6 Å². The summed E-state index contributed by atoms with van der Waals surface area (Å²) in [7, 11) is 0. The van der Waals surface area contributed by atoms with Crippen molar-refractivity contribution >= 4 is 0 Å². The molecule has 2 nitrogen and oxygen atoms in total. The zero-order chi connectivity index (χ0) is 14.4. The maximum absolute atomic E-state index is 12.9. The third kappa shape index (κ3) is 5.70. The Morgan fingerprint density at radius 2 is 1.68 bits per heavy atom. The molecule has 1 aromatic rings. The average Bonchev–Trinajstić information content (AvgIpc) is 2.34. The van der Waals surface area contributed by atoms with Crippen LogP contribution in [0, 0.1) is 11.7 Å². The highest BCUT2D eigenvalue weighted by Gasteiger charge is 2.13. The minimum Gasteiger partial charge on any atom is -0.324 e. The number of rotatable bonds is 7. The zero-order valence-corrected chi connectivity index (χ0v) is 12.6. The molecular weight excluding hydrogens is 239 g/mol. The Kier molecular flexibility index (Phi) is 6.46. The molecule has 0 amide bonds. The summed E-state index contributed by atoms with van der Waals surface area (Å²) < 4.78 is 12.9. The second-order valence-electron chi connectivity index (χ2n) is 5.93. The van der Waals surface area contributed by atoms with Gasteiger partial charge in [0.1, 0.15) is 5.82 Å². The van der Waals surface area contributed by atoms with Crippen LogP contribution in [0.3, 0.4) is 0 Å². The van der Waals surface area contributed by atoms with E-state index in [1.54, 1.807) is 12.1 Å². The number of hydrogen-bond donors (Lipinski definition) is 1. The normalized spacial score (nSPS) is 13.5. The van der Waals surface area contributed by atoms with Gasteiger partial charge in [-0.1, -0.05) is 26.0 Å². The van der Waals surface area contributed by atoms with Crippen LogP contribution in [0.15, 0.2) is 24.3 Å². The summed E-state index contributed by atoms with van der Waals surface area (Å²) in [6, 6.07) is 7.02. The van der Waals surface area contributed by atoms with Crippen molar-refractivity contribution in [2.75, 3.05) is 13.1 Å². The molecule has 19 heavy (non-hydrogen) atoms. The standard InChI is InChI=1S/C16H27FN2/c1-12(2)11-19(13(3)4)10-9-16(18)14-5-7-15(17)8-6-14/h5-8,12-13,16H,9-11,18H2,1-4H3. The smallest absolute Gasteiger partial charge is 0.123 e. The van der Waals surface area contributed by atoms with Gasteiger partial charge in [-0.05, 0) is 43.9 Å². The SMILES string of the molecule is CC(C)CN(CCC(N)c1ccc(F)cc1)C(C)C. The molecule has 0 heterocycles. The predicted molar refractivity (Wildman–Crippen MR) is 79.5 cm³/mol. The first-order valence-corrected chi connectivity index (χ1v) is 7.15. The van der Waals surface area contributed by atoms with Gasteiger partial charge in [0.2, 0.25) is 0 Å². The Bertz CT molecular complexity index is 360. The van der Waals surface area contributed by atoms with Crippen LogP contribution < -0.4 is 5.73 Å². The fraction of sp³-hybridized carbons (Fsp3) is 0.625. The Labute approximate surface area is 116 Å². The van der Waals surface area contributed by atoms with Crippen LogP contribution in [0.5, 0.6) is 0 Å². The summed E-state index contributed by atoms with van der Waals surface area (Å²) in [6.45, 7) is 11.0. The third-order valence-corrected chi connectivity index (χ3v) is 3.36. The summed E-state index contributed by atoms with van der Waals surface area (Å²) in [4.78, 5) is 2.45. The predicted octanol–water partition coefficient (Wildman–Crippen LogP) is 3.58. The summed E-state index contributed by atoms with van der Waals surface area (Å²) >= 11 is 0. The minimum absolute atomic E-state index is 0.0194. The van der Waals surface area contributed by atoms with E-state index in [1.807, 2.05) is 0 Å². The van der Waals surface area contributed by atoms with Crippen LogP contribution in [-0.2, 0) is 0 Å². The number of benzene rings is 1. The lowest BCUT2D eigenvalue weighted by atomic mass is 10.0. The van der Waals surface area contributed by atoms with E-state index in [9.17, 15) is 4.39 Å². The number of nitrogens with zero attached hydrogens (tertiary/aromatic N) is 1. The molecule has 1 atom stereocenters. The molecule has 0 saturated carbocycles. The Morgan fingerprint density at radius 1 is 1.11 bits per heavy atom. The Morgan fingerprint density at radius 3 is 2.16 bits per heavy atom. The van der Waals surface area contributed by atoms with E-state index in [2.05, 4.69) is 32.6 Å². The maximum atomic E-state index is 12.9. The van der Waals surface area contributed by atoms with Gasteiger partial charge < -0.3 is 10.6 Å². The number of hydrogen-bond acceptors (Lipinski definition) is 2. The van der Waals surface area contributed by atoms with E-state index >= 15 is 0 Å². The van der Waals surface area contributed by atoms with Crippen molar-refractivity contribution in [3.63, 3.8) is 0 Å². The second kappa shape index (κ2) is 7.61. The first kappa shape index (κ1) is 16.1. The zero-order valence-electron chi connectivity index (χ0n) is 12.6. The van der Waals surface area contributed by atoms with Crippen LogP contribution >= 0.6 is 0 Å². The largest absolute Gasteiger partial charge is 0.324 e. The summed E-state index contributed by atoms with van der Waals surface area (Å²) in [6.07, 6.45) is 0.899. The molecular formula is C16H27FN2. The minimum atomic E-state index is -0.209. The number of nitrogens with two attached hydrogens (primary N) is 1. The molecule has 1 unspecified atom stereocenters. The quantitative estimate of drug-likeness (QED) is 0.817. The van der Waals surface area contributed by atoms with E-state index < -0.39 is 0 Å². The van der Waals surface area contributed by atoms with Gasteiger partial charge in [0, 0.05) is 25.2 Å². The highest BCUT2D eigenvalue weighted by atomic mass is 19.1. The van der Waals surface area contributed by atoms with Crippen LogP contribution in [0.1, 0.15) is 45.7 Å². The molecule has 3 heteroatoms. The molecule has 0 saturated heterocycles. The lowest BCUT2D eigenvalue weighted by Gasteiger charge is -2.29. The van der Waals surface area contributed by atoms with Crippen LogP contribution in [0.2, 0.25) is 0 Å². The van der Waals surface area contributed by atoms with Crippen molar-refractivity contribution in [1.29, 1.82) is 0 Å². The van der Waals surface area contributed by atoms with Crippen LogP contribution in [0.25, 0.3) is 0 Å². The molecule has 0 fully saturated rings. The molecule has 2 N–H and O–H groups in total. The monoisotopic (exact) mass is 266 g/mol. The topological polar surface area (TPSA) is 29.3 Å². The van der Waals surface area contributed by atoms with E-state index in [0.29, 0.717) is 12.0 Å². The van der Waals surface area contributed by atoms with Crippen molar-refractivity contribution in [2.45, 2.75) is 46.2 Å².